The normalized spacial score (nSPS) is 27.3. The fourth-order valence-electron chi connectivity index (χ4n) is 4.89. The van der Waals surface area contributed by atoms with Gasteiger partial charge in [-0.05, 0) is 45.4 Å². The van der Waals surface area contributed by atoms with Crippen molar-refractivity contribution in [3.63, 3.8) is 0 Å². The van der Waals surface area contributed by atoms with E-state index < -0.39 is 0 Å². The van der Waals surface area contributed by atoms with Crippen LogP contribution in [0.5, 0.6) is 0 Å². The molecule has 0 saturated carbocycles. The molecule has 3 unspecified atom stereocenters. The van der Waals surface area contributed by atoms with Crippen molar-refractivity contribution in [1.82, 2.24) is 25.3 Å². The van der Waals surface area contributed by atoms with Crippen LogP contribution in [0.3, 0.4) is 0 Å². The Labute approximate surface area is 191 Å². The van der Waals surface area contributed by atoms with E-state index in [1.54, 1.807) is 0 Å². The maximum absolute atomic E-state index is 12.7. The largest absolute Gasteiger partial charge is 0.371 e. The predicted octanol–water partition coefficient (Wildman–Crippen LogP) is 2.58. The van der Waals surface area contributed by atoms with Crippen molar-refractivity contribution in [3.05, 3.63) is 11.7 Å². The van der Waals surface area contributed by atoms with Crippen molar-refractivity contribution in [1.29, 1.82) is 0 Å². The number of piperazine rings is 1. The summed E-state index contributed by atoms with van der Waals surface area (Å²) >= 11 is 0. The Balaban J connectivity index is 0.00000160. The Bertz CT molecular complexity index is 657. The topological polar surface area (TPSA) is 83.7 Å². The molecule has 30 heavy (non-hydrogen) atoms. The van der Waals surface area contributed by atoms with E-state index in [4.69, 9.17) is 9.26 Å². The number of amides is 1. The lowest BCUT2D eigenvalue weighted by Crippen LogP contribution is -2.49. The maximum atomic E-state index is 12.7. The van der Waals surface area contributed by atoms with Gasteiger partial charge in [-0.2, -0.15) is 4.98 Å². The van der Waals surface area contributed by atoms with E-state index in [1.165, 1.54) is 25.7 Å². The Morgan fingerprint density at radius 3 is 2.50 bits per heavy atom. The molecule has 1 aromatic rings. The van der Waals surface area contributed by atoms with Gasteiger partial charge >= 0.3 is 0 Å². The average Bonchev–Trinajstić information content (AvgIpc) is 3.29. The number of carbonyl (C=O) groups excluding carboxylic acids is 1. The van der Waals surface area contributed by atoms with Gasteiger partial charge < -0.3 is 19.5 Å². The molecule has 3 aliphatic heterocycles. The third kappa shape index (κ3) is 6.29. The van der Waals surface area contributed by atoms with E-state index in [2.05, 4.69) is 20.4 Å². The van der Waals surface area contributed by atoms with Crippen LogP contribution in [0.15, 0.2) is 4.52 Å². The molecule has 8 nitrogen and oxygen atoms in total. The van der Waals surface area contributed by atoms with E-state index in [0.29, 0.717) is 48.8 Å². The first-order valence-corrected chi connectivity index (χ1v) is 10.8. The van der Waals surface area contributed by atoms with Crippen molar-refractivity contribution in [2.45, 2.75) is 70.7 Å². The van der Waals surface area contributed by atoms with Gasteiger partial charge in [0.1, 0.15) is 6.10 Å². The number of carbonyl (C=O) groups is 1. The Morgan fingerprint density at radius 1 is 1.20 bits per heavy atom. The van der Waals surface area contributed by atoms with Crippen LogP contribution >= 0.6 is 24.8 Å². The molecule has 3 atom stereocenters. The molecule has 0 radical (unpaired) electrons. The van der Waals surface area contributed by atoms with E-state index >= 15 is 0 Å². The zero-order valence-electron chi connectivity index (χ0n) is 17.9. The minimum atomic E-state index is -0.151. The van der Waals surface area contributed by atoms with Crippen LogP contribution in [-0.4, -0.2) is 70.7 Å². The summed E-state index contributed by atoms with van der Waals surface area (Å²) in [6, 6.07) is 1.30. The Kier molecular flexibility index (Phi) is 9.81. The summed E-state index contributed by atoms with van der Waals surface area (Å²) in [5, 5.41) is 7.68. The number of rotatable bonds is 7. The third-order valence-corrected chi connectivity index (χ3v) is 6.38. The van der Waals surface area contributed by atoms with Crippen LogP contribution in [0.2, 0.25) is 0 Å². The van der Waals surface area contributed by atoms with Gasteiger partial charge in [0, 0.05) is 51.3 Å². The van der Waals surface area contributed by atoms with Crippen LogP contribution < -0.4 is 5.32 Å². The summed E-state index contributed by atoms with van der Waals surface area (Å²) in [4.78, 5) is 21.5. The fourth-order valence-corrected chi connectivity index (χ4v) is 4.89. The van der Waals surface area contributed by atoms with Gasteiger partial charge in [0.05, 0.1) is 6.54 Å². The summed E-state index contributed by atoms with van der Waals surface area (Å²) in [5.41, 5.74) is 0. The first kappa shape index (κ1) is 25.3. The number of hydrogen-bond acceptors (Lipinski definition) is 7. The number of halogens is 2. The second kappa shape index (κ2) is 11.6. The molecule has 4 rings (SSSR count). The summed E-state index contributed by atoms with van der Waals surface area (Å²) < 4.78 is 10.9. The smallest absolute Gasteiger partial charge is 0.240 e. The highest BCUT2D eigenvalue weighted by atomic mass is 35.5. The van der Waals surface area contributed by atoms with Crippen molar-refractivity contribution in [3.8, 4) is 0 Å². The number of fused-ring (bicyclic) bond motifs is 2. The molecule has 10 heteroatoms. The molecular formula is C20H35Cl2N5O3. The lowest BCUT2D eigenvalue weighted by atomic mass is 9.89. The van der Waals surface area contributed by atoms with E-state index in [0.717, 1.165) is 32.6 Å². The quantitative estimate of drug-likeness (QED) is 0.664. The lowest BCUT2D eigenvalue weighted by molar-refractivity contribution is -0.134. The maximum Gasteiger partial charge on any atom is 0.240 e. The van der Waals surface area contributed by atoms with Gasteiger partial charge in [0.2, 0.25) is 11.8 Å². The van der Waals surface area contributed by atoms with E-state index in [1.807, 2.05) is 18.7 Å². The second-order valence-electron chi connectivity index (χ2n) is 8.48. The third-order valence-electron chi connectivity index (χ3n) is 6.38. The molecular weight excluding hydrogens is 429 g/mol. The summed E-state index contributed by atoms with van der Waals surface area (Å²) in [6.07, 6.45) is 5.48. The second-order valence-corrected chi connectivity index (χ2v) is 8.48. The number of piperidine rings is 1. The van der Waals surface area contributed by atoms with Crippen molar-refractivity contribution >= 4 is 30.7 Å². The number of nitrogens with one attached hydrogen (secondary N) is 1. The fraction of sp³-hybridized carbons (Fsp3) is 0.850. The highest BCUT2D eigenvalue weighted by Crippen LogP contribution is 2.33. The highest BCUT2D eigenvalue weighted by Gasteiger charge is 2.35. The zero-order chi connectivity index (χ0) is 19.5. The van der Waals surface area contributed by atoms with Crippen LogP contribution in [0.4, 0.5) is 0 Å². The molecule has 1 N–H and O–H groups in total. The van der Waals surface area contributed by atoms with Crippen LogP contribution in [-0.2, 0) is 16.1 Å². The van der Waals surface area contributed by atoms with E-state index in [9.17, 15) is 4.79 Å². The summed E-state index contributed by atoms with van der Waals surface area (Å²) in [6.45, 7) is 8.40. The van der Waals surface area contributed by atoms with Crippen LogP contribution in [0, 0.1) is 5.92 Å². The first-order chi connectivity index (χ1) is 13.6. The molecule has 1 aromatic heterocycles. The van der Waals surface area contributed by atoms with Gasteiger partial charge in [-0.3, -0.25) is 9.69 Å². The highest BCUT2D eigenvalue weighted by molar-refractivity contribution is 5.85. The van der Waals surface area contributed by atoms with Crippen molar-refractivity contribution in [2.75, 3.05) is 32.8 Å². The minimum Gasteiger partial charge on any atom is -0.371 e. The average molecular weight is 464 g/mol. The SMILES string of the molecule is CCOC(C)c1noc(CN2CCN(C(=O)CC3CC4CCC(C3)N4)CC2)n1.Cl.Cl. The Hall–Kier alpha value is -0.930. The minimum absolute atomic E-state index is 0. The molecule has 3 aliphatic rings. The summed E-state index contributed by atoms with van der Waals surface area (Å²) in [5.74, 6) is 2.11. The Morgan fingerprint density at radius 2 is 1.87 bits per heavy atom. The molecule has 0 aliphatic carbocycles. The molecule has 1 amide bonds. The standard InChI is InChI=1S/C20H33N5O3.2ClH/c1-3-27-14(2)20-22-18(28-23-20)13-24-6-8-25(9-7-24)19(26)12-15-10-16-4-5-17(11-15)21-16;;/h14-17,21H,3-13H2,1-2H3;2*1H. The predicted molar refractivity (Wildman–Crippen MR) is 118 cm³/mol. The number of aromatic nitrogens is 2. The van der Waals surface area contributed by atoms with Crippen LogP contribution in [0.1, 0.15) is 63.8 Å². The van der Waals surface area contributed by atoms with Gasteiger partial charge in [-0.15, -0.1) is 24.8 Å². The number of hydrogen-bond donors (Lipinski definition) is 1. The molecule has 0 spiro atoms. The number of nitrogens with zero attached hydrogens (tertiary/aromatic N) is 4. The first-order valence-electron chi connectivity index (χ1n) is 10.8. The van der Waals surface area contributed by atoms with E-state index in [-0.39, 0.29) is 30.9 Å². The molecule has 3 fully saturated rings. The molecule has 2 bridgehead atoms. The number of ether oxygens (including phenoxy) is 1. The van der Waals surface area contributed by atoms with Gasteiger partial charge in [-0.1, -0.05) is 5.16 Å². The van der Waals surface area contributed by atoms with Crippen LogP contribution in [0.25, 0.3) is 0 Å². The van der Waals surface area contributed by atoms with Gasteiger partial charge in [-0.25, -0.2) is 0 Å². The molecule has 3 saturated heterocycles. The van der Waals surface area contributed by atoms with Crippen molar-refractivity contribution < 1.29 is 14.1 Å². The van der Waals surface area contributed by atoms with Gasteiger partial charge in [0.15, 0.2) is 5.82 Å². The molecule has 172 valence electrons. The zero-order valence-corrected chi connectivity index (χ0v) is 19.6. The van der Waals surface area contributed by atoms with Gasteiger partial charge in [0.25, 0.3) is 0 Å². The summed E-state index contributed by atoms with van der Waals surface area (Å²) in [7, 11) is 0. The monoisotopic (exact) mass is 463 g/mol. The molecule has 4 heterocycles. The lowest BCUT2D eigenvalue weighted by Gasteiger charge is -2.35. The molecule has 0 aromatic carbocycles. The van der Waals surface area contributed by atoms with Crippen molar-refractivity contribution in [2.24, 2.45) is 5.92 Å².